The van der Waals surface area contributed by atoms with Crippen LogP contribution in [0.25, 0.3) is 0 Å². The first-order valence-corrected chi connectivity index (χ1v) is 11.6. The number of rotatable bonds is 10. The largest absolute Gasteiger partial charge is 0.388 e. The number of carbonyl (C=O) groups is 2. The van der Waals surface area contributed by atoms with E-state index in [-0.39, 0.29) is 30.3 Å². The molecule has 6 nitrogen and oxygen atoms in total. The van der Waals surface area contributed by atoms with Crippen LogP contribution in [0.2, 0.25) is 0 Å². The zero-order valence-corrected chi connectivity index (χ0v) is 18.8. The van der Waals surface area contributed by atoms with Gasteiger partial charge in [-0.05, 0) is 50.4 Å². The van der Waals surface area contributed by atoms with E-state index in [0.29, 0.717) is 50.4 Å². The first kappa shape index (κ1) is 24.1. The monoisotopic (exact) mass is 410 g/mol. The zero-order chi connectivity index (χ0) is 21.7. The van der Waals surface area contributed by atoms with Crippen LogP contribution in [0.4, 0.5) is 0 Å². The van der Waals surface area contributed by atoms with Crippen LogP contribution < -0.4 is 10.6 Å². The minimum Gasteiger partial charge on any atom is -0.388 e. The normalized spacial score (nSPS) is 22.6. The van der Waals surface area contributed by atoms with E-state index in [9.17, 15) is 19.8 Å². The summed E-state index contributed by atoms with van der Waals surface area (Å²) in [6, 6.07) is -0.647. The highest BCUT2D eigenvalue weighted by molar-refractivity contribution is 5.97. The van der Waals surface area contributed by atoms with Gasteiger partial charge in [0.2, 0.25) is 11.8 Å². The van der Waals surface area contributed by atoms with Crippen molar-refractivity contribution >= 4 is 11.8 Å². The van der Waals surface area contributed by atoms with Crippen molar-refractivity contribution < 1.29 is 19.8 Å². The molecular formula is C23H42N2O4. The molecule has 2 amide bonds. The van der Waals surface area contributed by atoms with Gasteiger partial charge in [-0.15, -0.1) is 0 Å². The topological polar surface area (TPSA) is 98.7 Å². The van der Waals surface area contributed by atoms with Crippen molar-refractivity contribution in [3.05, 3.63) is 0 Å². The number of amides is 2. The van der Waals surface area contributed by atoms with E-state index < -0.39 is 11.2 Å². The minimum absolute atomic E-state index is 0.269. The molecule has 0 unspecified atom stereocenters. The number of hydrogen-bond donors (Lipinski definition) is 4. The van der Waals surface area contributed by atoms with Crippen LogP contribution in [-0.4, -0.2) is 45.3 Å². The molecule has 2 aliphatic rings. The zero-order valence-electron chi connectivity index (χ0n) is 18.8. The fourth-order valence-corrected chi connectivity index (χ4v) is 5.08. The van der Waals surface area contributed by atoms with Crippen LogP contribution in [-0.2, 0) is 9.59 Å². The Bertz CT molecular complexity index is 501. The Morgan fingerprint density at radius 2 is 1.03 bits per heavy atom. The second-order valence-corrected chi connectivity index (χ2v) is 10.3. The van der Waals surface area contributed by atoms with Crippen LogP contribution in [0.5, 0.6) is 0 Å². The lowest BCUT2D eigenvalue weighted by Gasteiger charge is -2.35. The van der Waals surface area contributed by atoms with Crippen LogP contribution >= 0.6 is 0 Å². The highest BCUT2D eigenvalue weighted by Crippen LogP contribution is 2.36. The Balaban J connectivity index is 1.95. The molecule has 0 aromatic heterocycles. The Kier molecular flexibility index (Phi) is 8.53. The lowest BCUT2D eigenvalue weighted by atomic mass is 9.86. The molecule has 4 N–H and O–H groups in total. The SMILES string of the molecule is CC(C)C[C@@H](NC(=O)CC(=O)N[C@H](CC(C)C)C1(O)CCCC1)C1(O)CCCC1. The predicted octanol–water partition coefficient (Wildman–Crippen LogP) is 3.05. The fraction of sp³-hybridized carbons (Fsp3) is 0.913. The Hall–Kier alpha value is -1.14. The maximum Gasteiger partial charge on any atom is 0.229 e. The first-order chi connectivity index (χ1) is 13.5. The van der Waals surface area contributed by atoms with Crippen molar-refractivity contribution in [3.8, 4) is 0 Å². The molecule has 0 aliphatic heterocycles. The van der Waals surface area contributed by atoms with Gasteiger partial charge >= 0.3 is 0 Å². The summed E-state index contributed by atoms with van der Waals surface area (Å²) in [5.74, 6) is -0.0260. The average molecular weight is 411 g/mol. The number of aliphatic hydroxyl groups is 2. The van der Waals surface area contributed by atoms with Gasteiger partial charge < -0.3 is 20.8 Å². The summed E-state index contributed by atoms with van der Waals surface area (Å²) < 4.78 is 0. The summed E-state index contributed by atoms with van der Waals surface area (Å²) in [4.78, 5) is 25.2. The predicted molar refractivity (Wildman–Crippen MR) is 114 cm³/mol. The quantitative estimate of drug-likeness (QED) is 0.416. The van der Waals surface area contributed by atoms with Crippen molar-refractivity contribution in [2.24, 2.45) is 11.8 Å². The molecule has 0 aromatic rings. The van der Waals surface area contributed by atoms with Crippen molar-refractivity contribution in [1.29, 1.82) is 0 Å². The Labute approximate surface area is 176 Å². The number of hydrogen-bond acceptors (Lipinski definition) is 4. The lowest BCUT2D eigenvalue weighted by molar-refractivity contribution is -0.133. The second-order valence-electron chi connectivity index (χ2n) is 10.3. The van der Waals surface area contributed by atoms with E-state index in [2.05, 4.69) is 38.3 Å². The van der Waals surface area contributed by atoms with Crippen molar-refractivity contribution in [3.63, 3.8) is 0 Å². The van der Waals surface area contributed by atoms with Gasteiger partial charge in [0.1, 0.15) is 6.42 Å². The molecule has 2 fully saturated rings. The minimum atomic E-state index is -0.865. The molecule has 0 bridgehead atoms. The third kappa shape index (κ3) is 6.95. The van der Waals surface area contributed by atoms with Gasteiger partial charge in [-0.2, -0.15) is 0 Å². The molecule has 6 heteroatoms. The third-order valence-electron chi connectivity index (χ3n) is 6.64. The van der Waals surface area contributed by atoms with Crippen molar-refractivity contribution in [2.75, 3.05) is 0 Å². The summed E-state index contributed by atoms with van der Waals surface area (Å²) >= 11 is 0. The van der Waals surface area contributed by atoms with Crippen molar-refractivity contribution in [1.82, 2.24) is 10.6 Å². The van der Waals surface area contributed by atoms with Gasteiger partial charge in [-0.25, -0.2) is 0 Å². The van der Waals surface area contributed by atoms with Crippen LogP contribution in [0, 0.1) is 11.8 Å². The molecule has 0 radical (unpaired) electrons. The molecule has 2 atom stereocenters. The highest BCUT2D eigenvalue weighted by Gasteiger charge is 2.42. The molecule has 0 aromatic carbocycles. The second kappa shape index (κ2) is 10.3. The number of nitrogens with one attached hydrogen (secondary N) is 2. The maximum atomic E-state index is 12.6. The molecule has 168 valence electrons. The highest BCUT2D eigenvalue weighted by atomic mass is 16.3. The molecule has 2 aliphatic carbocycles. The lowest BCUT2D eigenvalue weighted by Crippen LogP contribution is -2.54. The van der Waals surface area contributed by atoms with Crippen LogP contribution in [0.3, 0.4) is 0 Å². The van der Waals surface area contributed by atoms with E-state index in [4.69, 9.17) is 0 Å². The van der Waals surface area contributed by atoms with Gasteiger partial charge in [0.15, 0.2) is 0 Å². The molecule has 0 spiro atoms. The fourth-order valence-electron chi connectivity index (χ4n) is 5.08. The summed E-state index contributed by atoms with van der Waals surface area (Å²) in [5, 5.41) is 27.8. The molecule has 0 heterocycles. The Morgan fingerprint density at radius 3 is 1.31 bits per heavy atom. The molecule has 2 rings (SSSR count). The van der Waals surface area contributed by atoms with Gasteiger partial charge in [-0.1, -0.05) is 53.4 Å². The van der Waals surface area contributed by atoms with E-state index in [0.717, 1.165) is 25.7 Å². The van der Waals surface area contributed by atoms with Gasteiger partial charge in [0, 0.05) is 0 Å². The molecular weight excluding hydrogens is 368 g/mol. The van der Waals surface area contributed by atoms with Gasteiger partial charge in [-0.3, -0.25) is 9.59 Å². The van der Waals surface area contributed by atoms with E-state index in [1.165, 1.54) is 0 Å². The summed E-state index contributed by atoms with van der Waals surface area (Å²) in [7, 11) is 0. The van der Waals surface area contributed by atoms with E-state index in [1.807, 2.05) is 0 Å². The van der Waals surface area contributed by atoms with E-state index >= 15 is 0 Å². The van der Waals surface area contributed by atoms with E-state index in [1.54, 1.807) is 0 Å². The van der Waals surface area contributed by atoms with Crippen LogP contribution in [0.1, 0.15) is 98.3 Å². The van der Waals surface area contributed by atoms with Gasteiger partial charge in [0.05, 0.1) is 23.3 Å². The van der Waals surface area contributed by atoms with Crippen LogP contribution in [0.15, 0.2) is 0 Å². The van der Waals surface area contributed by atoms with Crippen molar-refractivity contribution in [2.45, 2.75) is 122 Å². The molecule has 0 saturated heterocycles. The maximum absolute atomic E-state index is 12.6. The summed E-state index contributed by atoms with van der Waals surface area (Å²) in [6.45, 7) is 8.29. The number of carbonyl (C=O) groups excluding carboxylic acids is 2. The first-order valence-electron chi connectivity index (χ1n) is 11.6. The van der Waals surface area contributed by atoms with Gasteiger partial charge in [0.25, 0.3) is 0 Å². The smallest absolute Gasteiger partial charge is 0.229 e. The Morgan fingerprint density at radius 1 is 0.724 bits per heavy atom. The summed E-state index contributed by atoms with van der Waals surface area (Å²) in [6.07, 6.45) is 7.78. The molecule has 2 saturated carbocycles. The third-order valence-corrected chi connectivity index (χ3v) is 6.64. The molecule has 29 heavy (non-hydrogen) atoms. The summed E-state index contributed by atoms with van der Waals surface area (Å²) in [5.41, 5.74) is -1.73. The standard InChI is InChI=1S/C23H42N2O4/c1-16(2)13-18(22(28)9-5-6-10-22)24-20(26)15-21(27)25-19(14-17(3)4)23(29)11-7-8-12-23/h16-19,28-29H,5-15H2,1-4H3,(H,24,26)(H,25,27)/t18-,19-/m1/s1. The average Bonchev–Trinajstić information content (AvgIpc) is 3.23.